The first-order chi connectivity index (χ1) is 18.5. The summed E-state index contributed by atoms with van der Waals surface area (Å²) in [6.07, 6.45) is 29.0. The highest BCUT2D eigenvalue weighted by molar-refractivity contribution is 5.82. The standard InChI is InChI=1S/C34H60O4/c1-3-5-7-9-15-23-33(25-17-11-18-26-33)37-31(35)29-21-13-14-22-30(29)32(36)38-34(27-19-12-20-28-34)24-16-10-8-6-4-2/h29-30H,3-28H2,1-2H3. The number of carbonyl (C=O) groups excluding carboxylic acids is 2. The number of rotatable bonds is 16. The minimum absolute atomic E-state index is 0.0978. The van der Waals surface area contributed by atoms with E-state index in [0.717, 1.165) is 103 Å². The van der Waals surface area contributed by atoms with Crippen LogP contribution in [-0.2, 0) is 19.1 Å². The summed E-state index contributed by atoms with van der Waals surface area (Å²) in [5.74, 6) is -0.834. The molecule has 0 amide bonds. The molecule has 220 valence electrons. The van der Waals surface area contributed by atoms with Gasteiger partial charge in [-0.15, -0.1) is 0 Å². The van der Waals surface area contributed by atoms with E-state index in [1.165, 1.54) is 64.2 Å². The van der Waals surface area contributed by atoms with E-state index in [-0.39, 0.29) is 35.0 Å². The van der Waals surface area contributed by atoms with Crippen LogP contribution in [0.4, 0.5) is 0 Å². The van der Waals surface area contributed by atoms with Gasteiger partial charge in [0.1, 0.15) is 11.2 Å². The molecule has 3 fully saturated rings. The Hall–Kier alpha value is -1.06. The minimum atomic E-state index is -0.319. The van der Waals surface area contributed by atoms with Crippen LogP contribution in [0, 0.1) is 11.8 Å². The topological polar surface area (TPSA) is 52.6 Å². The Labute approximate surface area is 234 Å². The molecule has 2 unspecified atom stereocenters. The fourth-order valence-electron chi connectivity index (χ4n) is 7.57. The number of hydrogen-bond acceptors (Lipinski definition) is 4. The zero-order chi connectivity index (χ0) is 27.1. The van der Waals surface area contributed by atoms with Crippen molar-refractivity contribution in [3.63, 3.8) is 0 Å². The van der Waals surface area contributed by atoms with Crippen molar-refractivity contribution in [2.75, 3.05) is 0 Å². The highest BCUT2D eigenvalue weighted by Gasteiger charge is 2.45. The normalized spacial score (nSPS) is 25.0. The fraction of sp³-hybridized carbons (Fsp3) is 0.941. The highest BCUT2D eigenvalue weighted by atomic mass is 16.6. The van der Waals surface area contributed by atoms with Crippen LogP contribution in [0.5, 0.6) is 0 Å². The molecule has 3 aliphatic carbocycles. The van der Waals surface area contributed by atoms with Crippen molar-refractivity contribution in [1.82, 2.24) is 0 Å². The Morgan fingerprint density at radius 1 is 0.526 bits per heavy atom. The van der Waals surface area contributed by atoms with Crippen molar-refractivity contribution in [2.24, 2.45) is 11.8 Å². The van der Waals surface area contributed by atoms with Gasteiger partial charge in [0.2, 0.25) is 0 Å². The van der Waals surface area contributed by atoms with Crippen LogP contribution in [0.1, 0.15) is 181 Å². The number of hydrogen-bond donors (Lipinski definition) is 0. The molecule has 38 heavy (non-hydrogen) atoms. The first-order valence-corrected chi connectivity index (χ1v) is 17.0. The summed E-state index contributed by atoms with van der Waals surface area (Å²) in [4.78, 5) is 27.5. The van der Waals surface area contributed by atoms with Gasteiger partial charge in [-0.1, -0.05) is 90.9 Å². The number of esters is 2. The summed E-state index contributed by atoms with van der Waals surface area (Å²) in [6.45, 7) is 4.50. The van der Waals surface area contributed by atoms with Crippen molar-refractivity contribution in [3.05, 3.63) is 0 Å². The third-order valence-corrected chi connectivity index (χ3v) is 10.0. The Morgan fingerprint density at radius 3 is 1.26 bits per heavy atom. The summed E-state index contributed by atoms with van der Waals surface area (Å²) in [5.41, 5.74) is -0.590. The lowest BCUT2D eigenvalue weighted by Gasteiger charge is -2.41. The molecule has 3 aliphatic rings. The molecule has 0 aromatic carbocycles. The molecule has 3 rings (SSSR count). The lowest BCUT2D eigenvalue weighted by Crippen LogP contribution is -2.45. The van der Waals surface area contributed by atoms with E-state index in [1.807, 2.05) is 0 Å². The maximum atomic E-state index is 13.7. The lowest BCUT2D eigenvalue weighted by molar-refractivity contribution is -0.184. The maximum Gasteiger partial charge on any atom is 0.310 e. The van der Waals surface area contributed by atoms with Crippen LogP contribution in [0.25, 0.3) is 0 Å². The van der Waals surface area contributed by atoms with E-state index in [9.17, 15) is 9.59 Å². The van der Waals surface area contributed by atoms with E-state index < -0.39 is 0 Å². The van der Waals surface area contributed by atoms with Crippen molar-refractivity contribution < 1.29 is 19.1 Å². The first-order valence-electron chi connectivity index (χ1n) is 17.0. The molecule has 2 atom stereocenters. The maximum absolute atomic E-state index is 13.7. The monoisotopic (exact) mass is 532 g/mol. The molecule has 0 bridgehead atoms. The van der Waals surface area contributed by atoms with Crippen LogP contribution in [0.3, 0.4) is 0 Å². The summed E-state index contributed by atoms with van der Waals surface area (Å²) in [5, 5.41) is 0. The van der Waals surface area contributed by atoms with Gasteiger partial charge in [0.15, 0.2) is 0 Å². The van der Waals surface area contributed by atoms with E-state index in [2.05, 4.69) is 13.8 Å². The summed E-state index contributed by atoms with van der Waals surface area (Å²) in [6, 6.07) is 0. The van der Waals surface area contributed by atoms with E-state index in [1.54, 1.807) is 0 Å². The molecule has 0 spiro atoms. The van der Waals surface area contributed by atoms with Crippen LogP contribution in [0.2, 0.25) is 0 Å². The molecule has 4 heteroatoms. The van der Waals surface area contributed by atoms with Gasteiger partial charge in [-0.25, -0.2) is 0 Å². The van der Waals surface area contributed by atoms with Gasteiger partial charge in [-0.3, -0.25) is 9.59 Å². The number of carbonyl (C=O) groups is 2. The van der Waals surface area contributed by atoms with Crippen molar-refractivity contribution in [3.8, 4) is 0 Å². The van der Waals surface area contributed by atoms with Crippen molar-refractivity contribution in [1.29, 1.82) is 0 Å². The van der Waals surface area contributed by atoms with Gasteiger partial charge in [-0.2, -0.15) is 0 Å². The predicted molar refractivity (Wildman–Crippen MR) is 156 cm³/mol. The van der Waals surface area contributed by atoms with Crippen LogP contribution >= 0.6 is 0 Å². The predicted octanol–water partition coefficient (Wildman–Crippen LogP) is 10.0. The molecule has 4 nitrogen and oxygen atoms in total. The van der Waals surface area contributed by atoms with Gasteiger partial charge >= 0.3 is 11.9 Å². The molecule has 0 heterocycles. The molecule has 0 N–H and O–H groups in total. The van der Waals surface area contributed by atoms with E-state index in [4.69, 9.17) is 9.47 Å². The fourth-order valence-corrected chi connectivity index (χ4v) is 7.57. The van der Waals surface area contributed by atoms with E-state index in [0.29, 0.717) is 0 Å². The third kappa shape index (κ3) is 9.84. The molecule has 0 aromatic rings. The molecule has 0 saturated heterocycles. The summed E-state index contributed by atoms with van der Waals surface area (Å²) < 4.78 is 13.0. The largest absolute Gasteiger partial charge is 0.459 e. The zero-order valence-corrected chi connectivity index (χ0v) is 25.2. The van der Waals surface area contributed by atoms with Gasteiger partial charge in [0.05, 0.1) is 11.8 Å². The lowest BCUT2D eigenvalue weighted by atomic mass is 9.77. The molecule has 0 aromatic heterocycles. The smallest absolute Gasteiger partial charge is 0.310 e. The molecular formula is C34H60O4. The number of ether oxygens (including phenoxy) is 2. The Morgan fingerprint density at radius 2 is 0.895 bits per heavy atom. The summed E-state index contributed by atoms with van der Waals surface area (Å²) >= 11 is 0. The Balaban J connectivity index is 1.61. The average molecular weight is 533 g/mol. The van der Waals surface area contributed by atoms with Crippen LogP contribution < -0.4 is 0 Å². The Bertz CT molecular complexity index is 616. The second-order valence-corrected chi connectivity index (χ2v) is 13.2. The first kappa shape index (κ1) is 31.5. The highest BCUT2D eigenvalue weighted by Crippen LogP contribution is 2.42. The second kappa shape index (κ2) is 16.9. The van der Waals surface area contributed by atoms with E-state index >= 15 is 0 Å². The zero-order valence-electron chi connectivity index (χ0n) is 25.2. The van der Waals surface area contributed by atoms with Gasteiger partial charge < -0.3 is 9.47 Å². The molecular weight excluding hydrogens is 472 g/mol. The van der Waals surface area contributed by atoms with Gasteiger partial charge in [-0.05, 0) is 89.9 Å². The molecule has 3 saturated carbocycles. The quantitative estimate of drug-likeness (QED) is 0.147. The van der Waals surface area contributed by atoms with Gasteiger partial charge in [0.25, 0.3) is 0 Å². The molecule has 0 aliphatic heterocycles. The molecule has 0 radical (unpaired) electrons. The van der Waals surface area contributed by atoms with Gasteiger partial charge in [0, 0.05) is 0 Å². The third-order valence-electron chi connectivity index (χ3n) is 10.0. The van der Waals surface area contributed by atoms with Crippen LogP contribution in [0.15, 0.2) is 0 Å². The second-order valence-electron chi connectivity index (χ2n) is 13.2. The van der Waals surface area contributed by atoms with Crippen molar-refractivity contribution in [2.45, 2.75) is 192 Å². The Kier molecular flexibility index (Phi) is 14.0. The average Bonchev–Trinajstić information content (AvgIpc) is 2.94. The van der Waals surface area contributed by atoms with Crippen LogP contribution in [-0.4, -0.2) is 23.1 Å². The SMILES string of the molecule is CCCCCCCC1(OC(=O)C2CCCCC2C(=O)OC2(CCCCCCC)CCCCC2)CCCCC1. The van der Waals surface area contributed by atoms with Crippen molar-refractivity contribution >= 4 is 11.9 Å². The minimum Gasteiger partial charge on any atom is -0.459 e. The summed E-state index contributed by atoms with van der Waals surface area (Å²) in [7, 11) is 0. The number of unbranched alkanes of at least 4 members (excludes halogenated alkanes) is 8.